The average molecular weight is 277 g/mol. The van der Waals surface area contributed by atoms with Crippen LogP contribution in [0.4, 0.5) is 9.18 Å². The standard InChI is InChI=1S/C16H20FNO2/c1-3-4-13-7-9-18(10-8-13)16(19)20-15-6-5-14(17)11-12(15)2/h3,5-6,11,13H,1,4,7-10H2,2H3. The number of aryl methyl sites for hydroxylation is 1. The molecule has 2 rings (SSSR count). The molecule has 1 fully saturated rings. The molecule has 0 aromatic heterocycles. The highest BCUT2D eigenvalue weighted by molar-refractivity contribution is 5.71. The molecule has 3 nitrogen and oxygen atoms in total. The number of amides is 1. The number of nitrogens with zero attached hydrogens (tertiary/aromatic N) is 1. The zero-order valence-electron chi connectivity index (χ0n) is 11.8. The first kappa shape index (κ1) is 14.6. The fraction of sp³-hybridized carbons (Fsp3) is 0.438. The van der Waals surface area contributed by atoms with E-state index in [0.29, 0.717) is 30.3 Å². The van der Waals surface area contributed by atoms with E-state index in [2.05, 4.69) is 6.58 Å². The van der Waals surface area contributed by atoms with Gasteiger partial charge in [-0.15, -0.1) is 6.58 Å². The first-order chi connectivity index (χ1) is 9.60. The molecule has 1 heterocycles. The molecule has 4 heteroatoms. The molecule has 0 aliphatic carbocycles. The predicted molar refractivity (Wildman–Crippen MR) is 76.3 cm³/mol. The second kappa shape index (κ2) is 6.55. The van der Waals surface area contributed by atoms with Crippen molar-refractivity contribution in [1.29, 1.82) is 0 Å². The third kappa shape index (κ3) is 3.59. The lowest BCUT2D eigenvalue weighted by atomic mass is 9.94. The number of carbonyl (C=O) groups is 1. The number of piperidine rings is 1. The highest BCUT2D eigenvalue weighted by Gasteiger charge is 2.23. The number of hydrogen-bond acceptors (Lipinski definition) is 2. The van der Waals surface area contributed by atoms with Gasteiger partial charge in [-0.3, -0.25) is 0 Å². The smallest absolute Gasteiger partial charge is 0.410 e. The normalized spacial score (nSPS) is 16.0. The Morgan fingerprint density at radius 2 is 2.20 bits per heavy atom. The maximum atomic E-state index is 13.0. The minimum absolute atomic E-state index is 0.326. The molecular weight excluding hydrogens is 257 g/mol. The van der Waals surface area contributed by atoms with Crippen LogP contribution in [0.3, 0.4) is 0 Å². The quantitative estimate of drug-likeness (QED) is 0.784. The third-order valence-electron chi connectivity index (χ3n) is 3.71. The molecule has 0 radical (unpaired) electrons. The van der Waals surface area contributed by atoms with E-state index in [0.717, 1.165) is 19.3 Å². The number of likely N-dealkylation sites (tertiary alicyclic amines) is 1. The molecule has 1 amide bonds. The van der Waals surface area contributed by atoms with Crippen LogP contribution in [-0.4, -0.2) is 24.1 Å². The van der Waals surface area contributed by atoms with Gasteiger partial charge in [0.05, 0.1) is 0 Å². The van der Waals surface area contributed by atoms with Crippen molar-refractivity contribution in [3.63, 3.8) is 0 Å². The number of hydrogen-bond donors (Lipinski definition) is 0. The van der Waals surface area contributed by atoms with Crippen molar-refractivity contribution in [2.24, 2.45) is 5.92 Å². The van der Waals surface area contributed by atoms with Gasteiger partial charge in [-0.25, -0.2) is 9.18 Å². The lowest BCUT2D eigenvalue weighted by Gasteiger charge is -2.30. The summed E-state index contributed by atoms with van der Waals surface area (Å²) in [5.74, 6) is 0.710. The Balaban J connectivity index is 1.91. The second-order valence-corrected chi connectivity index (χ2v) is 5.23. The molecule has 0 spiro atoms. The Morgan fingerprint density at radius 1 is 1.50 bits per heavy atom. The van der Waals surface area contributed by atoms with Crippen molar-refractivity contribution in [3.8, 4) is 5.75 Å². The molecule has 0 saturated carbocycles. The monoisotopic (exact) mass is 277 g/mol. The summed E-state index contributed by atoms with van der Waals surface area (Å²) in [7, 11) is 0. The summed E-state index contributed by atoms with van der Waals surface area (Å²) in [5, 5.41) is 0. The Hall–Kier alpha value is -1.84. The molecule has 0 N–H and O–H groups in total. The first-order valence-corrected chi connectivity index (χ1v) is 6.94. The van der Waals surface area contributed by atoms with Crippen LogP contribution in [0.15, 0.2) is 30.9 Å². The fourth-order valence-electron chi connectivity index (χ4n) is 2.47. The highest BCUT2D eigenvalue weighted by atomic mass is 19.1. The van der Waals surface area contributed by atoms with Crippen LogP contribution in [0.1, 0.15) is 24.8 Å². The van der Waals surface area contributed by atoms with Crippen molar-refractivity contribution in [3.05, 3.63) is 42.2 Å². The molecule has 0 bridgehead atoms. The molecular formula is C16H20FNO2. The number of rotatable bonds is 3. The number of benzene rings is 1. The average Bonchev–Trinajstić information content (AvgIpc) is 2.43. The summed E-state index contributed by atoms with van der Waals surface area (Å²) in [4.78, 5) is 13.8. The predicted octanol–water partition coefficient (Wildman–Crippen LogP) is 3.92. The third-order valence-corrected chi connectivity index (χ3v) is 3.71. The summed E-state index contributed by atoms with van der Waals surface area (Å²) in [6.07, 6.45) is 4.53. The van der Waals surface area contributed by atoms with E-state index in [4.69, 9.17) is 4.74 Å². The Kier molecular flexibility index (Phi) is 4.77. The first-order valence-electron chi connectivity index (χ1n) is 6.94. The Morgan fingerprint density at radius 3 is 2.80 bits per heavy atom. The molecule has 20 heavy (non-hydrogen) atoms. The number of halogens is 1. The molecule has 1 aliphatic heterocycles. The van der Waals surface area contributed by atoms with E-state index in [-0.39, 0.29) is 11.9 Å². The number of ether oxygens (including phenoxy) is 1. The molecule has 1 aromatic rings. The van der Waals surface area contributed by atoms with E-state index in [1.54, 1.807) is 11.8 Å². The van der Waals surface area contributed by atoms with Gasteiger partial charge in [-0.2, -0.15) is 0 Å². The molecule has 0 atom stereocenters. The van der Waals surface area contributed by atoms with E-state index in [1.165, 1.54) is 18.2 Å². The van der Waals surface area contributed by atoms with Crippen molar-refractivity contribution in [2.75, 3.05) is 13.1 Å². The van der Waals surface area contributed by atoms with Gasteiger partial charge < -0.3 is 9.64 Å². The van der Waals surface area contributed by atoms with E-state index >= 15 is 0 Å². The SMILES string of the molecule is C=CCC1CCN(C(=O)Oc2ccc(F)cc2C)CC1. The maximum absolute atomic E-state index is 13.0. The Bertz CT molecular complexity index is 493. The lowest BCUT2D eigenvalue weighted by Crippen LogP contribution is -2.40. The molecule has 1 aromatic carbocycles. The van der Waals surface area contributed by atoms with Crippen LogP contribution < -0.4 is 4.74 Å². The molecule has 108 valence electrons. The van der Waals surface area contributed by atoms with Gasteiger partial charge in [-0.05, 0) is 55.9 Å². The molecule has 0 unspecified atom stereocenters. The van der Waals surface area contributed by atoms with Gasteiger partial charge in [0, 0.05) is 13.1 Å². The van der Waals surface area contributed by atoms with Crippen LogP contribution >= 0.6 is 0 Å². The van der Waals surface area contributed by atoms with Gasteiger partial charge in [0.2, 0.25) is 0 Å². The van der Waals surface area contributed by atoms with Crippen LogP contribution in [0.25, 0.3) is 0 Å². The van der Waals surface area contributed by atoms with Crippen LogP contribution in [-0.2, 0) is 0 Å². The minimum Gasteiger partial charge on any atom is -0.410 e. The minimum atomic E-state index is -0.350. The van der Waals surface area contributed by atoms with Crippen LogP contribution in [0.5, 0.6) is 5.75 Å². The van der Waals surface area contributed by atoms with Crippen molar-refractivity contribution >= 4 is 6.09 Å². The van der Waals surface area contributed by atoms with Gasteiger partial charge >= 0.3 is 6.09 Å². The summed E-state index contributed by atoms with van der Waals surface area (Å²) in [6, 6.07) is 4.15. The second-order valence-electron chi connectivity index (χ2n) is 5.23. The largest absolute Gasteiger partial charge is 0.415 e. The molecule has 1 aliphatic rings. The maximum Gasteiger partial charge on any atom is 0.415 e. The summed E-state index contributed by atoms with van der Waals surface area (Å²) in [6.45, 7) is 6.88. The van der Waals surface area contributed by atoms with E-state index in [1.807, 2.05) is 6.08 Å². The van der Waals surface area contributed by atoms with Gasteiger partial charge in [-0.1, -0.05) is 6.08 Å². The summed E-state index contributed by atoms with van der Waals surface area (Å²) in [5.41, 5.74) is 0.625. The van der Waals surface area contributed by atoms with Crippen LogP contribution in [0.2, 0.25) is 0 Å². The van der Waals surface area contributed by atoms with Gasteiger partial charge in [0.15, 0.2) is 0 Å². The molecule has 1 saturated heterocycles. The summed E-state index contributed by atoms with van der Waals surface area (Å²) < 4.78 is 18.3. The van der Waals surface area contributed by atoms with Crippen molar-refractivity contribution in [2.45, 2.75) is 26.2 Å². The zero-order chi connectivity index (χ0) is 14.5. The van der Waals surface area contributed by atoms with Crippen LogP contribution in [0, 0.1) is 18.7 Å². The fourth-order valence-corrected chi connectivity index (χ4v) is 2.47. The number of allylic oxidation sites excluding steroid dienone is 1. The number of carbonyl (C=O) groups excluding carboxylic acids is 1. The highest BCUT2D eigenvalue weighted by Crippen LogP contribution is 2.23. The Labute approximate surface area is 119 Å². The van der Waals surface area contributed by atoms with Gasteiger partial charge in [0.1, 0.15) is 11.6 Å². The lowest BCUT2D eigenvalue weighted by molar-refractivity contribution is 0.131. The van der Waals surface area contributed by atoms with E-state index < -0.39 is 0 Å². The zero-order valence-corrected chi connectivity index (χ0v) is 11.8. The van der Waals surface area contributed by atoms with Crippen molar-refractivity contribution < 1.29 is 13.9 Å². The van der Waals surface area contributed by atoms with E-state index in [9.17, 15) is 9.18 Å². The topological polar surface area (TPSA) is 29.5 Å². The van der Waals surface area contributed by atoms with Gasteiger partial charge in [0.25, 0.3) is 0 Å². The van der Waals surface area contributed by atoms with Crippen molar-refractivity contribution in [1.82, 2.24) is 4.90 Å². The summed E-state index contributed by atoms with van der Waals surface area (Å²) >= 11 is 0.